The van der Waals surface area contributed by atoms with Crippen molar-refractivity contribution < 1.29 is 18.0 Å². The van der Waals surface area contributed by atoms with Crippen LogP contribution in [0, 0.1) is 0 Å². The highest BCUT2D eigenvalue weighted by atomic mass is 35.5. The van der Waals surface area contributed by atoms with E-state index in [0.29, 0.717) is 16.6 Å². The molecule has 0 bridgehead atoms. The average molecular weight is 563 g/mol. The summed E-state index contributed by atoms with van der Waals surface area (Å²) in [6.07, 6.45) is 0.264. The number of amides is 2. The Hall–Kier alpha value is -2.91. The number of hydrogen-bond acceptors (Lipinski definition) is 4. The molecule has 1 unspecified atom stereocenters. The van der Waals surface area contributed by atoms with Crippen LogP contribution in [0.2, 0.25) is 10.0 Å². The maximum atomic E-state index is 13.7. The lowest BCUT2D eigenvalue weighted by molar-refractivity contribution is -0.141. The van der Waals surface area contributed by atoms with Crippen molar-refractivity contribution in [1.29, 1.82) is 0 Å². The summed E-state index contributed by atoms with van der Waals surface area (Å²) in [6, 6.07) is 21.2. The van der Waals surface area contributed by atoms with E-state index in [1.807, 2.05) is 30.3 Å². The first-order valence-electron chi connectivity index (χ1n) is 11.7. The van der Waals surface area contributed by atoms with Gasteiger partial charge in [0.2, 0.25) is 21.8 Å². The van der Waals surface area contributed by atoms with Crippen molar-refractivity contribution >= 4 is 45.0 Å². The zero-order valence-corrected chi connectivity index (χ0v) is 22.9. The predicted octanol–water partition coefficient (Wildman–Crippen LogP) is 4.39. The monoisotopic (exact) mass is 561 g/mol. The standard InChI is InChI=1S/C27H29Cl2N3O4S/c1-3-30-27(34)25(17-20-7-5-4-6-8-20)32(18-21-9-11-22(28)12-10-21)26(33)19-31(2)37(35,36)24-15-13-23(29)14-16-24/h4-16,25H,3,17-19H2,1-2H3,(H,30,34). The Kier molecular flexibility index (Phi) is 10.1. The largest absolute Gasteiger partial charge is 0.355 e. The van der Waals surface area contributed by atoms with E-state index in [1.165, 1.54) is 36.2 Å². The molecule has 0 aliphatic heterocycles. The van der Waals surface area contributed by atoms with Gasteiger partial charge in [0.25, 0.3) is 0 Å². The zero-order chi connectivity index (χ0) is 27.0. The summed E-state index contributed by atoms with van der Waals surface area (Å²) in [7, 11) is -2.63. The number of rotatable bonds is 11. The van der Waals surface area contributed by atoms with Crippen molar-refractivity contribution in [1.82, 2.24) is 14.5 Å². The first-order chi connectivity index (χ1) is 17.6. The molecule has 1 atom stereocenters. The van der Waals surface area contributed by atoms with Gasteiger partial charge in [0.1, 0.15) is 6.04 Å². The van der Waals surface area contributed by atoms with Crippen LogP contribution >= 0.6 is 23.2 Å². The molecule has 10 heteroatoms. The van der Waals surface area contributed by atoms with Gasteiger partial charge in [-0.15, -0.1) is 0 Å². The van der Waals surface area contributed by atoms with E-state index >= 15 is 0 Å². The lowest BCUT2D eigenvalue weighted by atomic mass is 10.0. The number of halogens is 2. The minimum absolute atomic E-state index is 0.0148. The fourth-order valence-corrected chi connectivity index (χ4v) is 5.16. The topological polar surface area (TPSA) is 86.8 Å². The van der Waals surface area contributed by atoms with Gasteiger partial charge >= 0.3 is 0 Å². The summed E-state index contributed by atoms with van der Waals surface area (Å²) in [6.45, 7) is 1.83. The first-order valence-corrected chi connectivity index (χ1v) is 13.9. The Morgan fingerprint density at radius 1 is 0.865 bits per heavy atom. The Morgan fingerprint density at radius 3 is 2.00 bits per heavy atom. The van der Waals surface area contributed by atoms with Gasteiger partial charge in [0.05, 0.1) is 11.4 Å². The second-order valence-electron chi connectivity index (χ2n) is 8.46. The number of sulfonamides is 1. The molecular weight excluding hydrogens is 533 g/mol. The van der Waals surface area contributed by atoms with Crippen LogP contribution in [-0.4, -0.2) is 55.6 Å². The van der Waals surface area contributed by atoms with Crippen LogP contribution < -0.4 is 5.32 Å². The average Bonchev–Trinajstić information content (AvgIpc) is 2.88. The van der Waals surface area contributed by atoms with Crippen molar-refractivity contribution in [3.63, 3.8) is 0 Å². The van der Waals surface area contributed by atoms with Crippen LogP contribution in [0.3, 0.4) is 0 Å². The van der Waals surface area contributed by atoms with Crippen LogP contribution in [-0.2, 0) is 32.6 Å². The molecule has 37 heavy (non-hydrogen) atoms. The maximum absolute atomic E-state index is 13.7. The molecule has 2 amide bonds. The van der Waals surface area contributed by atoms with Crippen molar-refractivity contribution in [2.24, 2.45) is 0 Å². The van der Waals surface area contributed by atoms with Crippen LogP contribution in [0.1, 0.15) is 18.1 Å². The van der Waals surface area contributed by atoms with Gasteiger partial charge in [0.15, 0.2) is 0 Å². The summed E-state index contributed by atoms with van der Waals surface area (Å²) in [4.78, 5) is 28.3. The third-order valence-electron chi connectivity index (χ3n) is 5.77. The molecule has 0 saturated heterocycles. The Balaban J connectivity index is 1.94. The lowest BCUT2D eigenvalue weighted by Crippen LogP contribution is -2.53. The predicted molar refractivity (Wildman–Crippen MR) is 146 cm³/mol. The van der Waals surface area contributed by atoms with E-state index in [4.69, 9.17) is 23.2 Å². The molecule has 3 rings (SSSR count). The molecule has 0 spiro atoms. The molecular formula is C27H29Cl2N3O4S. The van der Waals surface area contributed by atoms with Gasteiger partial charge in [0, 0.05) is 36.6 Å². The molecule has 7 nitrogen and oxygen atoms in total. The van der Waals surface area contributed by atoms with Crippen LogP contribution in [0.4, 0.5) is 0 Å². The highest BCUT2D eigenvalue weighted by Crippen LogP contribution is 2.20. The Morgan fingerprint density at radius 2 is 1.43 bits per heavy atom. The highest BCUT2D eigenvalue weighted by molar-refractivity contribution is 7.89. The van der Waals surface area contributed by atoms with Gasteiger partial charge in [-0.05, 0) is 54.4 Å². The van der Waals surface area contributed by atoms with Crippen molar-refractivity contribution in [2.75, 3.05) is 20.1 Å². The number of benzene rings is 3. The number of hydrogen-bond donors (Lipinski definition) is 1. The van der Waals surface area contributed by atoms with Crippen molar-refractivity contribution in [3.05, 3.63) is 100 Å². The third kappa shape index (κ3) is 7.79. The van der Waals surface area contributed by atoms with E-state index in [-0.39, 0.29) is 23.8 Å². The van der Waals surface area contributed by atoms with Crippen LogP contribution in [0.5, 0.6) is 0 Å². The lowest BCUT2D eigenvalue weighted by Gasteiger charge is -2.32. The zero-order valence-electron chi connectivity index (χ0n) is 20.6. The normalized spacial score (nSPS) is 12.2. The van der Waals surface area contributed by atoms with Crippen LogP contribution in [0.25, 0.3) is 0 Å². The summed E-state index contributed by atoms with van der Waals surface area (Å²) < 4.78 is 27.2. The number of carbonyl (C=O) groups is 2. The molecule has 0 heterocycles. The number of nitrogens with one attached hydrogen (secondary N) is 1. The molecule has 0 aliphatic rings. The first kappa shape index (κ1) is 28.7. The smallest absolute Gasteiger partial charge is 0.243 e. The van der Waals surface area contributed by atoms with Crippen molar-refractivity contribution in [3.8, 4) is 0 Å². The maximum Gasteiger partial charge on any atom is 0.243 e. The van der Waals surface area contributed by atoms with E-state index in [0.717, 1.165) is 15.4 Å². The molecule has 3 aromatic rings. The van der Waals surface area contributed by atoms with Gasteiger partial charge in [-0.3, -0.25) is 9.59 Å². The van der Waals surface area contributed by atoms with E-state index in [1.54, 1.807) is 31.2 Å². The van der Waals surface area contributed by atoms with Crippen LogP contribution in [0.15, 0.2) is 83.8 Å². The summed E-state index contributed by atoms with van der Waals surface area (Å²) >= 11 is 11.9. The molecule has 0 aromatic heterocycles. The molecule has 0 radical (unpaired) electrons. The molecule has 3 aromatic carbocycles. The SMILES string of the molecule is CCNC(=O)C(Cc1ccccc1)N(Cc1ccc(Cl)cc1)C(=O)CN(C)S(=O)(=O)c1ccc(Cl)cc1. The minimum atomic E-state index is -3.97. The Bertz CT molecular complexity index is 1300. The number of likely N-dealkylation sites (N-methyl/N-ethyl adjacent to an activating group) is 2. The number of carbonyl (C=O) groups excluding carboxylic acids is 2. The fraction of sp³-hybridized carbons (Fsp3) is 0.259. The summed E-state index contributed by atoms with van der Waals surface area (Å²) in [5.41, 5.74) is 1.62. The third-order valence-corrected chi connectivity index (χ3v) is 8.09. The molecule has 0 aliphatic carbocycles. The van der Waals surface area contributed by atoms with E-state index in [2.05, 4.69) is 5.32 Å². The molecule has 1 N–H and O–H groups in total. The highest BCUT2D eigenvalue weighted by Gasteiger charge is 2.32. The van der Waals surface area contributed by atoms with Gasteiger partial charge in [-0.25, -0.2) is 8.42 Å². The second-order valence-corrected chi connectivity index (χ2v) is 11.4. The van der Waals surface area contributed by atoms with E-state index in [9.17, 15) is 18.0 Å². The van der Waals surface area contributed by atoms with Gasteiger partial charge < -0.3 is 10.2 Å². The van der Waals surface area contributed by atoms with Gasteiger partial charge in [-0.1, -0.05) is 65.7 Å². The summed E-state index contributed by atoms with van der Waals surface area (Å²) in [5, 5.41) is 3.75. The van der Waals surface area contributed by atoms with Gasteiger partial charge in [-0.2, -0.15) is 4.31 Å². The summed E-state index contributed by atoms with van der Waals surface area (Å²) in [5.74, 6) is -0.834. The Labute approximate surface area is 228 Å². The minimum Gasteiger partial charge on any atom is -0.355 e. The van der Waals surface area contributed by atoms with Crippen molar-refractivity contribution in [2.45, 2.75) is 30.8 Å². The fourth-order valence-electron chi connectivity index (χ4n) is 3.79. The van der Waals surface area contributed by atoms with E-state index < -0.39 is 28.5 Å². The number of nitrogens with zero attached hydrogens (tertiary/aromatic N) is 2. The molecule has 0 fully saturated rings. The molecule has 0 saturated carbocycles. The quantitative estimate of drug-likeness (QED) is 0.376. The molecule has 196 valence electrons. The second kappa shape index (κ2) is 13.1.